The lowest BCUT2D eigenvalue weighted by Gasteiger charge is -2.30. The Morgan fingerprint density at radius 1 is 0.729 bits per heavy atom. The molecule has 15 nitrogen and oxygen atoms in total. The monoisotopic (exact) mass is 807 g/mol. The van der Waals surface area contributed by atoms with E-state index in [4.69, 9.17) is 14.5 Å². The van der Waals surface area contributed by atoms with Crippen molar-refractivity contribution in [2.75, 3.05) is 27.3 Å². The topological polar surface area (TPSA) is 188 Å². The smallest absolute Gasteiger partial charge is 0.407 e. The number of aromatic amines is 2. The summed E-state index contributed by atoms with van der Waals surface area (Å²) in [6.07, 6.45) is 5.12. The molecule has 3 aromatic heterocycles. The molecule has 16 heteroatoms. The van der Waals surface area contributed by atoms with Crippen molar-refractivity contribution >= 4 is 34.9 Å². The third kappa shape index (κ3) is 8.47. The van der Waals surface area contributed by atoms with Crippen molar-refractivity contribution in [1.29, 1.82) is 0 Å². The van der Waals surface area contributed by atoms with Gasteiger partial charge in [0.05, 0.1) is 61.3 Å². The van der Waals surface area contributed by atoms with Gasteiger partial charge in [-0.2, -0.15) is 0 Å². The van der Waals surface area contributed by atoms with Crippen LogP contribution in [0.15, 0.2) is 60.9 Å². The molecule has 2 saturated heterocycles. The molecular weight excluding hydrogens is 758 g/mol. The van der Waals surface area contributed by atoms with E-state index in [0.29, 0.717) is 59.2 Å². The number of amides is 4. The van der Waals surface area contributed by atoms with Crippen LogP contribution in [-0.2, 0) is 19.1 Å². The summed E-state index contributed by atoms with van der Waals surface area (Å²) in [5, 5.41) is 6.19. The van der Waals surface area contributed by atoms with Crippen LogP contribution in [0.4, 0.5) is 14.0 Å². The highest BCUT2D eigenvalue weighted by molar-refractivity contribution is 5.88. The van der Waals surface area contributed by atoms with Crippen LogP contribution in [0, 0.1) is 17.7 Å². The lowest BCUT2D eigenvalue weighted by atomic mass is 10.0. The summed E-state index contributed by atoms with van der Waals surface area (Å²) in [6, 6.07) is 12.4. The second-order valence-electron chi connectivity index (χ2n) is 15.8. The zero-order valence-corrected chi connectivity index (χ0v) is 34.0. The summed E-state index contributed by atoms with van der Waals surface area (Å²) in [4.78, 5) is 75.3. The number of alkyl carbamates (subject to hydrolysis) is 2. The minimum absolute atomic E-state index is 0.133. The minimum Gasteiger partial charge on any atom is -0.453 e. The molecule has 59 heavy (non-hydrogen) atoms. The minimum atomic E-state index is -0.744. The molecule has 4 amide bonds. The number of methoxy groups -OCH3 is 2. The average molecular weight is 808 g/mol. The van der Waals surface area contributed by atoms with E-state index in [9.17, 15) is 19.2 Å². The van der Waals surface area contributed by atoms with Crippen molar-refractivity contribution in [3.63, 3.8) is 0 Å². The van der Waals surface area contributed by atoms with Crippen molar-refractivity contribution in [2.45, 2.75) is 77.5 Å². The van der Waals surface area contributed by atoms with Crippen molar-refractivity contribution in [3.8, 4) is 33.8 Å². The number of halogens is 1. The van der Waals surface area contributed by atoms with Crippen LogP contribution in [0.25, 0.3) is 44.7 Å². The van der Waals surface area contributed by atoms with Gasteiger partial charge in [0.15, 0.2) is 0 Å². The Hall–Kier alpha value is -6.32. The van der Waals surface area contributed by atoms with Gasteiger partial charge in [-0.05, 0) is 67.9 Å². The summed E-state index contributed by atoms with van der Waals surface area (Å²) in [5.41, 5.74) is 4.39. The number of imidazole rings is 2. The first kappa shape index (κ1) is 40.9. The van der Waals surface area contributed by atoms with Gasteiger partial charge < -0.3 is 39.9 Å². The van der Waals surface area contributed by atoms with E-state index in [1.165, 1.54) is 20.3 Å². The van der Waals surface area contributed by atoms with Crippen LogP contribution in [0.2, 0.25) is 0 Å². The molecule has 0 radical (unpaired) electrons. The second-order valence-corrected chi connectivity index (χ2v) is 15.8. The molecule has 4 unspecified atom stereocenters. The zero-order chi connectivity index (χ0) is 42.0. The highest BCUT2D eigenvalue weighted by Gasteiger charge is 2.39. The van der Waals surface area contributed by atoms with Crippen molar-refractivity contribution in [1.82, 2.24) is 45.4 Å². The molecule has 0 bridgehead atoms. The number of fused-ring (bicyclic) bond motifs is 1. The summed E-state index contributed by atoms with van der Waals surface area (Å²) < 4.78 is 25.3. The van der Waals surface area contributed by atoms with Crippen LogP contribution in [-0.4, -0.2) is 98.1 Å². The molecule has 0 spiro atoms. The third-order valence-electron chi connectivity index (χ3n) is 11.2. The predicted octanol–water partition coefficient (Wildman–Crippen LogP) is 6.91. The number of rotatable bonds is 11. The number of carbonyl (C=O) groups excluding carboxylic acids is 4. The largest absolute Gasteiger partial charge is 0.453 e. The van der Waals surface area contributed by atoms with E-state index in [2.05, 4.69) is 30.6 Å². The average Bonchev–Trinajstić information content (AvgIpc) is 4.07. The normalized spacial score (nSPS) is 17.7. The van der Waals surface area contributed by atoms with E-state index in [-0.39, 0.29) is 35.7 Å². The molecule has 0 aliphatic carbocycles. The summed E-state index contributed by atoms with van der Waals surface area (Å²) >= 11 is 0. The molecule has 2 aliphatic rings. The van der Waals surface area contributed by atoms with Crippen molar-refractivity contribution in [2.24, 2.45) is 11.8 Å². The molecule has 2 aromatic carbocycles. The van der Waals surface area contributed by atoms with Crippen molar-refractivity contribution < 1.29 is 33.0 Å². The molecule has 5 aromatic rings. The number of carbonyl (C=O) groups is 4. The number of nitrogens with one attached hydrogen (secondary N) is 4. The number of likely N-dealkylation sites (tertiary alicyclic amines) is 2. The highest BCUT2D eigenvalue weighted by Crippen LogP contribution is 2.36. The first-order valence-corrected chi connectivity index (χ1v) is 20.0. The van der Waals surface area contributed by atoms with Crippen LogP contribution >= 0.6 is 0 Å². The van der Waals surface area contributed by atoms with Crippen LogP contribution in [0.5, 0.6) is 0 Å². The number of benzene rings is 2. The number of ether oxygens (including phenoxy) is 2. The lowest BCUT2D eigenvalue weighted by molar-refractivity contribution is -0.136. The maximum absolute atomic E-state index is 15.8. The summed E-state index contributed by atoms with van der Waals surface area (Å²) in [7, 11) is 2.54. The number of nitrogens with zero attached hydrogens (tertiary/aromatic N) is 5. The molecule has 4 atom stereocenters. The quantitative estimate of drug-likeness (QED) is 0.110. The molecule has 2 fully saturated rings. The van der Waals surface area contributed by atoms with E-state index < -0.39 is 30.1 Å². The number of H-pyrrole nitrogens is 2. The lowest BCUT2D eigenvalue weighted by Crippen LogP contribution is -2.51. The fourth-order valence-corrected chi connectivity index (χ4v) is 8.02. The van der Waals surface area contributed by atoms with Crippen molar-refractivity contribution in [3.05, 3.63) is 78.4 Å². The SMILES string of the molecule is COC(=O)NC(C(=O)N1CCCC1c1ncc(-c2ccc(-c3ccc4cc(-c5cnc(C6CCCN6C(=O)C(NC(=O)OC)C(C)C)[nH]5)ccc4n3)c(F)c2)[nH]1)C(C)C. The third-order valence-corrected chi connectivity index (χ3v) is 11.2. The van der Waals surface area contributed by atoms with Gasteiger partial charge in [-0.25, -0.2) is 28.9 Å². The van der Waals surface area contributed by atoms with Gasteiger partial charge in [-0.15, -0.1) is 0 Å². The van der Waals surface area contributed by atoms with E-state index in [1.54, 1.807) is 34.3 Å². The molecular formula is C43H50FN9O6. The van der Waals surface area contributed by atoms with Gasteiger partial charge >= 0.3 is 12.2 Å². The van der Waals surface area contributed by atoms with Gasteiger partial charge in [0.25, 0.3) is 0 Å². The van der Waals surface area contributed by atoms with Crippen LogP contribution < -0.4 is 10.6 Å². The number of pyridine rings is 1. The first-order valence-electron chi connectivity index (χ1n) is 20.0. The van der Waals surface area contributed by atoms with Gasteiger partial charge in [0, 0.05) is 35.2 Å². The Morgan fingerprint density at radius 3 is 1.73 bits per heavy atom. The van der Waals surface area contributed by atoms with Gasteiger partial charge in [0.1, 0.15) is 29.5 Å². The van der Waals surface area contributed by atoms with Gasteiger partial charge in [0.2, 0.25) is 11.8 Å². The summed E-state index contributed by atoms with van der Waals surface area (Å²) in [5.74, 6) is 0.160. The highest BCUT2D eigenvalue weighted by atomic mass is 19.1. The fraction of sp³-hybridized carbons (Fsp3) is 0.419. The first-order chi connectivity index (χ1) is 28.4. The van der Waals surface area contributed by atoms with E-state index >= 15 is 4.39 Å². The number of aromatic nitrogens is 5. The maximum atomic E-state index is 15.8. The second kappa shape index (κ2) is 17.3. The Kier molecular flexibility index (Phi) is 12.0. The van der Waals surface area contributed by atoms with E-state index in [0.717, 1.165) is 35.9 Å². The molecule has 0 saturated carbocycles. The Morgan fingerprint density at radius 2 is 1.24 bits per heavy atom. The molecule has 4 N–H and O–H groups in total. The number of hydrogen-bond donors (Lipinski definition) is 4. The molecule has 310 valence electrons. The predicted molar refractivity (Wildman–Crippen MR) is 218 cm³/mol. The fourth-order valence-electron chi connectivity index (χ4n) is 8.02. The Balaban J connectivity index is 1.05. The molecule has 2 aliphatic heterocycles. The Labute approximate surface area is 341 Å². The van der Waals surface area contributed by atoms with Crippen LogP contribution in [0.1, 0.15) is 77.1 Å². The van der Waals surface area contributed by atoms with Gasteiger partial charge in [-0.1, -0.05) is 45.9 Å². The maximum Gasteiger partial charge on any atom is 0.407 e. The standard InChI is InChI=1S/C43H50FN9O6/c1-23(2)36(50-42(56)58-5)40(54)52-17-7-9-34(52)38-45-21-32(48-38)26-12-15-30-25(19-26)13-16-31(47-30)28-14-11-27(20-29(28)44)33-22-46-39(49-33)35-10-8-18-53(35)41(55)37(24(3)4)51-43(57)59-6/h11-16,19-24,34-37H,7-10,17-18H2,1-6H3,(H,45,48)(H,46,49)(H,50,56)(H,51,57). The zero-order valence-electron chi connectivity index (χ0n) is 34.0. The molecule has 7 rings (SSSR count). The summed E-state index contributed by atoms with van der Waals surface area (Å²) in [6.45, 7) is 8.58. The Bertz CT molecular complexity index is 2360. The number of hydrogen-bond acceptors (Lipinski definition) is 9. The van der Waals surface area contributed by atoms with E-state index in [1.807, 2.05) is 58.0 Å². The van der Waals surface area contributed by atoms with Gasteiger partial charge in [-0.3, -0.25) is 9.59 Å². The molecule has 5 heterocycles. The van der Waals surface area contributed by atoms with Crippen LogP contribution in [0.3, 0.4) is 0 Å².